The number of oxazole rings is 1. The summed E-state index contributed by atoms with van der Waals surface area (Å²) < 4.78 is 5.18. The SMILES string of the molecule is Cc1nc(C)c(C(=O)NCCCC(N)=S)o1. The fraction of sp³-hybridized carbons (Fsp3) is 0.500. The highest BCUT2D eigenvalue weighted by Crippen LogP contribution is 2.08. The number of nitrogens with two attached hydrogens (primary N) is 1. The lowest BCUT2D eigenvalue weighted by Gasteiger charge is -2.02. The number of carbonyl (C=O) groups excluding carboxylic acids is 1. The number of aryl methyl sites for hydroxylation is 2. The second-order valence-electron chi connectivity index (χ2n) is 3.47. The van der Waals surface area contributed by atoms with Crippen molar-refractivity contribution in [3.05, 3.63) is 17.3 Å². The molecule has 0 radical (unpaired) electrons. The molecule has 0 saturated heterocycles. The molecule has 0 aliphatic carbocycles. The molecule has 0 saturated carbocycles. The normalized spacial score (nSPS) is 10.1. The molecule has 1 aromatic rings. The van der Waals surface area contributed by atoms with Crippen molar-refractivity contribution in [2.24, 2.45) is 5.73 Å². The monoisotopic (exact) mass is 241 g/mol. The predicted molar refractivity (Wildman–Crippen MR) is 64.3 cm³/mol. The summed E-state index contributed by atoms with van der Waals surface area (Å²) in [5, 5.41) is 2.72. The first kappa shape index (κ1) is 12.6. The van der Waals surface area contributed by atoms with Gasteiger partial charge in [-0.2, -0.15) is 0 Å². The van der Waals surface area contributed by atoms with E-state index in [1.807, 2.05) is 0 Å². The lowest BCUT2D eigenvalue weighted by Crippen LogP contribution is -2.25. The topological polar surface area (TPSA) is 81.2 Å². The molecule has 0 aromatic carbocycles. The molecular weight excluding hydrogens is 226 g/mol. The van der Waals surface area contributed by atoms with Crippen molar-refractivity contribution in [1.82, 2.24) is 10.3 Å². The number of thiocarbonyl (C=S) groups is 1. The lowest BCUT2D eigenvalue weighted by atomic mass is 10.3. The third-order valence-electron chi connectivity index (χ3n) is 2.00. The lowest BCUT2D eigenvalue weighted by molar-refractivity contribution is 0.0923. The highest BCUT2D eigenvalue weighted by molar-refractivity contribution is 7.80. The zero-order chi connectivity index (χ0) is 12.1. The summed E-state index contributed by atoms with van der Waals surface area (Å²) in [6.07, 6.45) is 1.36. The summed E-state index contributed by atoms with van der Waals surface area (Å²) in [4.78, 5) is 16.1. The average Bonchev–Trinajstić information content (AvgIpc) is 2.52. The van der Waals surface area contributed by atoms with Crippen LogP contribution in [0.3, 0.4) is 0 Å². The zero-order valence-electron chi connectivity index (χ0n) is 9.37. The van der Waals surface area contributed by atoms with Crippen LogP contribution in [-0.2, 0) is 0 Å². The molecule has 0 bridgehead atoms. The smallest absolute Gasteiger partial charge is 0.289 e. The Morgan fingerprint density at radius 3 is 2.75 bits per heavy atom. The van der Waals surface area contributed by atoms with Crippen LogP contribution in [0.15, 0.2) is 4.42 Å². The van der Waals surface area contributed by atoms with E-state index in [4.69, 9.17) is 22.4 Å². The second kappa shape index (κ2) is 5.60. The van der Waals surface area contributed by atoms with Gasteiger partial charge >= 0.3 is 0 Å². The van der Waals surface area contributed by atoms with Crippen LogP contribution in [0.1, 0.15) is 35.0 Å². The van der Waals surface area contributed by atoms with E-state index < -0.39 is 0 Å². The number of aromatic nitrogens is 1. The van der Waals surface area contributed by atoms with E-state index in [0.717, 1.165) is 6.42 Å². The van der Waals surface area contributed by atoms with E-state index in [-0.39, 0.29) is 11.7 Å². The fourth-order valence-electron chi connectivity index (χ4n) is 1.29. The maximum atomic E-state index is 11.6. The van der Waals surface area contributed by atoms with Gasteiger partial charge in [0.1, 0.15) is 0 Å². The number of nitrogens with one attached hydrogen (secondary N) is 1. The average molecular weight is 241 g/mol. The molecule has 1 rings (SSSR count). The van der Waals surface area contributed by atoms with Crippen molar-refractivity contribution in [3.63, 3.8) is 0 Å². The molecule has 0 unspecified atom stereocenters. The van der Waals surface area contributed by atoms with E-state index in [9.17, 15) is 4.79 Å². The third-order valence-corrected chi connectivity index (χ3v) is 2.20. The van der Waals surface area contributed by atoms with E-state index in [1.165, 1.54) is 0 Å². The number of hydrogen-bond acceptors (Lipinski definition) is 4. The Labute approximate surface area is 99.4 Å². The summed E-state index contributed by atoms with van der Waals surface area (Å²) in [6.45, 7) is 3.96. The van der Waals surface area contributed by atoms with Crippen LogP contribution in [0.4, 0.5) is 0 Å². The largest absolute Gasteiger partial charge is 0.436 e. The minimum Gasteiger partial charge on any atom is -0.436 e. The summed E-state index contributed by atoms with van der Waals surface area (Å²) in [6, 6.07) is 0. The number of nitrogens with zero attached hydrogens (tertiary/aromatic N) is 1. The van der Waals surface area contributed by atoms with Crippen LogP contribution in [-0.4, -0.2) is 22.4 Å². The first-order valence-corrected chi connectivity index (χ1v) is 5.42. The van der Waals surface area contributed by atoms with Gasteiger partial charge in [0, 0.05) is 13.5 Å². The Kier molecular flexibility index (Phi) is 4.42. The second-order valence-corrected chi connectivity index (χ2v) is 4.00. The molecule has 16 heavy (non-hydrogen) atoms. The minimum atomic E-state index is -0.249. The summed E-state index contributed by atoms with van der Waals surface area (Å²) in [5.41, 5.74) is 5.94. The third kappa shape index (κ3) is 3.62. The van der Waals surface area contributed by atoms with E-state index >= 15 is 0 Å². The van der Waals surface area contributed by atoms with Crippen LogP contribution < -0.4 is 11.1 Å². The molecule has 5 nitrogen and oxygen atoms in total. The summed E-state index contributed by atoms with van der Waals surface area (Å²) in [7, 11) is 0. The zero-order valence-corrected chi connectivity index (χ0v) is 10.2. The quantitative estimate of drug-likeness (QED) is 0.595. The van der Waals surface area contributed by atoms with E-state index in [1.54, 1.807) is 13.8 Å². The molecule has 6 heteroatoms. The van der Waals surface area contributed by atoms with Crippen molar-refractivity contribution >= 4 is 23.1 Å². The van der Waals surface area contributed by atoms with Crippen LogP contribution in [0.25, 0.3) is 0 Å². The Morgan fingerprint density at radius 1 is 1.56 bits per heavy atom. The van der Waals surface area contributed by atoms with Gasteiger partial charge in [0.05, 0.1) is 10.7 Å². The Balaban J connectivity index is 2.41. The van der Waals surface area contributed by atoms with Gasteiger partial charge in [0.15, 0.2) is 5.89 Å². The van der Waals surface area contributed by atoms with Crippen LogP contribution >= 0.6 is 12.2 Å². The van der Waals surface area contributed by atoms with Crippen molar-refractivity contribution in [3.8, 4) is 0 Å². The molecule has 1 aromatic heterocycles. The van der Waals surface area contributed by atoms with Gasteiger partial charge in [-0.15, -0.1) is 0 Å². The maximum Gasteiger partial charge on any atom is 0.289 e. The maximum absolute atomic E-state index is 11.6. The van der Waals surface area contributed by atoms with Crippen molar-refractivity contribution in [2.45, 2.75) is 26.7 Å². The van der Waals surface area contributed by atoms with Crippen LogP contribution in [0.5, 0.6) is 0 Å². The molecular formula is C10H15N3O2S. The van der Waals surface area contributed by atoms with E-state index in [0.29, 0.717) is 29.5 Å². The molecule has 0 aliphatic rings. The molecule has 3 N–H and O–H groups in total. The van der Waals surface area contributed by atoms with E-state index in [2.05, 4.69) is 10.3 Å². The summed E-state index contributed by atoms with van der Waals surface area (Å²) in [5.74, 6) is 0.514. The van der Waals surface area contributed by atoms with Crippen LogP contribution in [0, 0.1) is 13.8 Å². The molecule has 0 fully saturated rings. The predicted octanol–water partition coefficient (Wildman–Crippen LogP) is 1.09. The first-order chi connectivity index (χ1) is 7.50. The molecule has 0 spiro atoms. The molecule has 1 amide bonds. The van der Waals surface area contributed by atoms with Crippen molar-refractivity contribution < 1.29 is 9.21 Å². The Hall–Kier alpha value is -1.43. The molecule has 0 aliphatic heterocycles. The van der Waals surface area contributed by atoms with Crippen molar-refractivity contribution in [1.29, 1.82) is 0 Å². The highest BCUT2D eigenvalue weighted by atomic mass is 32.1. The number of rotatable bonds is 5. The molecule has 0 atom stereocenters. The van der Waals surface area contributed by atoms with Crippen LogP contribution in [0.2, 0.25) is 0 Å². The summed E-state index contributed by atoms with van der Waals surface area (Å²) >= 11 is 4.73. The Bertz CT molecular complexity index is 401. The minimum absolute atomic E-state index is 0.249. The van der Waals surface area contributed by atoms with Gasteiger partial charge in [0.2, 0.25) is 5.76 Å². The molecule has 88 valence electrons. The first-order valence-electron chi connectivity index (χ1n) is 5.01. The fourth-order valence-corrected chi connectivity index (χ4v) is 1.43. The van der Waals surface area contributed by atoms with Gasteiger partial charge in [-0.25, -0.2) is 4.98 Å². The number of carbonyl (C=O) groups is 1. The van der Waals surface area contributed by atoms with Gasteiger partial charge in [-0.05, 0) is 19.8 Å². The highest BCUT2D eigenvalue weighted by Gasteiger charge is 2.14. The van der Waals surface area contributed by atoms with Crippen molar-refractivity contribution in [2.75, 3.05) is 6.54 Å². The molecule has 1 heterocycles. The van der Waals surface area contributed by atoms with Gasteiger partial charge in [0.25, 0.3) is 5.91 Å². The van der Waals surface area contributed by atoms with Gasteiger partial charge < -0.3 is 15.5 Å². The van der Waals surface area contributed by atoms with Gasteiger partial charge in [-0.1, -0.05) is 12.2 Å². The number of hydrogen-bond donors (Lipinski definition) is 2. The Morgan fingerprint density at radius 2 is 2.25 bits per heavy atom. The van der Waals surface area contributed by atoms with Gasteiger partial charge in [-0.3, -0.25) is 4.79 Å². The standard InChI is InChI=1S/C10H15N3O2S/c1-6-9(15-7(2)13-6)10(14)12-5-3-4-8(11)16/h3-5H2,1-2H3,(H2,11,16)(H,12,14). The number of amides is 1.